The monoisotopic (exact) mass is 2090 g/mol. The van der Waals surface area contributed by atoms with Crippen LogP contribution in [0.3, 0.4) is 0 Å². The smallest absolute Gasteiger partial charge is 0.460 e. The number of nitrogen functional groups attached to an aromatic ring is 1. The second kappa shape index (κ2) is 40.5. The third kappa shape index (κ3) is 29.9. The summed E-state index contributed by atoms with van der Waals surface area (Å²) >= 11 is 26.0. The molecule has 2 aliphatic heterocycles. The van der Waals surface area contributed by atoms with Crippen LogP contribution in [0.2, 0.25) is 0 Å². The Kier molecular flexibility index (Phi) is 35.6. The highest BCUT2D eigenvalue weighted by Crippen LogP contribution is 2.40. The lowest BCUT2D eigenvalue weighted by Crippen LogP contribution is -2.41. The number of nitrogens with zero attached hydrogens (tertiary/aromatic N) is 11. The topological polar surface area (TPSA) is 287 Å². The second-order valence-electron chi connectivity index (χ2n) is 23.7. The SMILES string of the molecule is Brc1cnc(Br)s1.CC(C)OB1OC(C)(C)C(C)(C)O1.CC(c1nc2ccc(F)cn2c(=O)c1-c1cccc(F)c1)n1nc(I)c2c(N)ncnc21.CC1(C)OB(c2cnc(OCC(F)(F)F)s2)OC1(C)C.CS(=O)(=O)c1ncc(Br)s1.CSc1ncc(Br)s1.FC(F)(F)COc1ncc(Br)s1.OCC(F)(F)F. The van der Waals surface area contributed by atoms with Crippen LogP contribution in [0, 0.1) is 15.3 Å². The minimum atomic E-state index is -4.40. The van der Waals surface area contributed by atoms with Crippen molar-refractivity contribution < 1.29 is 94.6 Å². The number of aliphatic hydroxyl groups excluding tert-OH is 1. The van der Waals surface area contributed by atoms with Crippen LogP contribution in [0.4, 0.5) is 54.1 Å². The van der Waals surface area contributed by atoms with E-state index in [1.165, 1.54) is 55.2 Å². The number of alkyl halides is 9. The molecule has 49 heteroatoms. The Hall–Kier alpha value is -3.77. The van der Waals surface area contributed by atoms with Crippen molar-refractivity contribution in [2.24, 2.45) is 0 Å². The maximum Gasteiger partial charge on any atom is 0.640 e. The first-order valence-corrected chi connectivity index (χ1v) is 42.3. The van der Waals surface area contributed by atoms with Gasteiger partial charge in [-0.3, -0.25) is 9.20 Å². The summed E-state index contributed by atoms with van der Waals surface area (Å²) < 4.78 is 199. The predicted octanol–water partition coefficient (Wildman–Crippen LogP) is 18.0. The number of benzene rings is 1. The van der Waals surface area contributed by atoms with E-state index >= 15 is 0 Å². The number of fused-ring (bicyclic) bond motifs is 2. The minimum Gasteiger partial charge on any atom is -0.460 e. The number of sulfone groups is 1. The van der Waals surface area contributed by atoms with E-state index in [1.54, 1.807) is 58.3 Å². The normalized spacial score (nSPS) is 15.1. The number of hydrogen-bond acceptors (Lipinski definition) is 27. The molecule has 11 heterocycles. The summed E-state index contributed by atoms with van der Waals surface area (Å²) in [4.78, 5) is 45.4. The van der Waals surface area contributed by atoms with Crippen molar-refractivity contribution in [1.82, 2.24) is 54.1 Å². The Morgan fingerprint density at radius 3 is 1.64 bits per heavy atom. The number of hydrogen-bond donors (Lipinski definition) is 2. The average molecular weight is 2100 g/mol. The molecule has 0 bridgehead atoms. The quantitative estimate of drug-likeness (QED) is 0.0497. The van der Waals surface area contributed by atoms with E-state index < -0.39 is 97.1 Å². The van der Waals surface area contributed by atoms with Crippen LogP contribution in [0.1, 0.15) is 87.9 Å². The Balaban J connectivity index is 0.000000238. The molecule has 9 aromatic heterocycles. The van der Waals surface area contributed by atoms with Gasteiger partial charge in [-0.25, -0.2) is 61.8 Å². The predicted molar refractivity (Wildman–Crippen MR) is 421 cm³/mol. The molecule has 12 rings (SSSR count). The standard InChI is InChI=1S/C21H14F2IN7O.C11H15BF3NO3S.C9H19BO3.C5H3BrF3NOS.C4H4BrNO2S2.C4H4BrNS2.C3HBr2NS.C2H3F3O/c1-10(31-20-16(18(24)29-31)19(25)26-9-27-20)17-15(11-3-2-4-12(22)7-11)21(32)30-8-13(23)5-6-14(30)28-17;1-9(2)10(3,4)19-12(18-9)7-5-16-8(20-7)17-6-11(13,14)15;1-7(2)11-10-12-8(3,4)9(5,6)13-10;6-3-1-10-4(12-3)11-2-5(7,8)9;1-10(7,8)4-6-2-3(5)9-4;1-7-4-6-2-3(5)8-4;4-2-1-6-3(5)7-2;3-2(4,5)1-6/h2-10H,1H3,(H2,25,26,27);5H,6H2,1-4H3;7H,1-6H3;1H,2H2;2H,1H3;2H,1H3;1H;6H,1H2. The molecule has 592 valence electrons. The molecule has 0 aliphatic carbocycles. The average Bonchev–Trinajstić information content (AvgIpc) is 1.37. The highest BCUT2D eigenvalue weighted by Gasteiger charge is 2.54. The Bertz CT molecular complexity index is 4710. The van der Waals surface area contributed by atoms with Crippen LogP contribution in [-0.4, -0.2) is 161 Å². The van der Waals surface area contributed by atoms with Crippen LogP contribution in [0.25, 0.3) is 27.8 Å². The molecule has 10 aromatic rings. The van der Waals surface area contributed by atoms with E-state index in [1.807, 2.05) is 104 Å². The van der Waals surface area contributed by atoms with Crippen LogP contribution < -0.4 is 25.5 Å². The molecule has 0 radical (unpaired) electrons. The van der Waals surface area contributed by atoms with E-state index in [-0.39, 0.29) is 49.1 Å². The molecule has 0 spiro atoms. The van der Waals surface area contributed by atoms with Gasteiger partial charge in [-0.1, -0.05) is 57.9 Å². The zero-order chi connectivity index (χ0) is 81.5. The van der Waals surface area contributed by atoms with Crippen molar-refractivity contribution >= 4 is 222 Å². The third-order valence-corrected chi connectivity index (χ3v) is 24.7. The number of aromatic nitrogens is 11. The fourth-order valence-corrected chi connectivity index (χ4v) is 16.8. The Morgan fingerprint density at radius 2 is 1.20 bits per heavy atom. The van der Waals surface area contributed by atoms with Gasteiger partial charge in [0.05, 0.1) is 89.8 Å². The van der Waals surface area contributed by atoms with Crippen molar-refractivity contribution in [3.8, 4) is 21.5 Å². The maximum absolute atomic E-state index is 14.0. The van der Waals surface area contributed by atoms with Gasteiger partial charge in [-0.15, -0.1) is 22.7 Å². The number of pyridine rings is 1. The first-order valence-electron chi connectivity index (χ1n) is 30.1. The van der Waals surface area contributed by atoms with Crippen molar-refractivity contribution in [3.63, 3.8) is 0 Å². The zero-order valence-corrected chi connectivity index (χ0v) is 74.0. The number of anilines is 1. The summed E-state index contributed by atoms with van der Waals surface area (Å²) in [6.07, 6.45) is 0.424. The highest BCUT2D eigenvalue weighted by atomic mass is 127. The number of thioether (sulfide) groups is 1. The Morgan fingerprint density at radius 1 is 0.685 bits per heavy atom. The number of halogens is 17. The van der Waals surface area contributed by atoms with Gasteiger partial charge in [0, 0.05) is 24.8 Å². The molecular weight excluding hydrogens is 2030 g/mol. The van der Waals surface area contributed by atoms with Gasteiger partial charge in [0.2, 0.25) is 14.2 Å². The largest absolute Gasteiger partial charge is 0.640 e. The molecule has 0 saturated carbocycles. The van der Waals surface area contributed by atoms with Gasteiger partial charge in [-0.2, -0.15) is 44.6 Å². The van der Waals surface area contributed by atoms with E-state index in [4.69, 9.17) is 34.1 Å². The van der Waals surface area contributed by atoms with Crippen LogP contribution in [0.5, 0.6) is 10.4 Å². The lowest BCUT2D eigenvalue weighted by molar-refractivity contribution is -0.159. The molecule has 1 atom stereocenters. The Labute approximate surface area is 691 Å². The molecule has 0 amide bonds. The number of ether oxygens (including phenoxy) is 2. The summed E-state index contributed by atoms with van der Waals surface area (Å²) in [7, 11) is -4.27. The van der Waals surface area contributed by atoms with E-state index in [9.17, 15) is 61.5 Å². The first-order chi connectivity index (χ1) is 49.7. The number of aliphatic hydroxyl groups is 1. The van der Waals surface area contributed by atoms with Crippen LogP contribution in [0.15, 0.2) is 112 Å². The van der Waals surface area contributed by atoms with E-state index in [0.29, 0.717) is 34.6 Å². The van der Waals surface area contributed by atoms with Crippen molar-refractivity contribution in [2.75, 3.05) is 38.1 Å². The van der Waals surface area contributed by atoms with Gasteiger partial charge < -0.3 is 43.6 Å². The fraction of sp³-hybridized carbons (Fsp3) is 0.424. The van der Waals surface area contributed by atoms with Gasteiger partial charge in [0.25, 0.3) is 15.9 Å². The summed E-state index contributed by atoms with van der Waals surface area (Å²) in [5.41, 5.74) is 5.39. The number of nitrogens with two attached hydrogens (primary N) is 1. The van der Waals surface area contributed by atoms with E-state index in [2.05, 4.69) is 134 Å². The summed E-state index contributed by atoms with van der Waals surface area (Å²) in [5, 5.41) is 12.4. The van der Waals surface area contributed by atoms with Crippen molar-refractivity contribution in [2.45, 2.75) is 138 Å². The van der Waals surface area contributed by atoms with Gasteiger partial charge in [0.1, 0.15) is 39.7 Å². The maximum atomic E-state index is 14.0. The summed E-state index contributed by atoms with van der Waals surface area (Å²) in [6, 6.07) is 7.67. The lowest BCUT2D eigenvalue weighted by Gasteiger charge is -2.32. The molecule has 1 unspecified atom stereocenters. The van der Waals surface area contributed by atoms with Crippen molar-refractivity contribution in [1.29, 1.82) is 0 Å². The summed E-state index contributed by atoms with van der Waals surface area (Å²) in [6.45, 7) is 17.0. The zero-order valence-electron chi connectivity index (χ0n) is 58.2. The molecule has 2 aliphatic rings. The third-order valence-electron chi connectivity index (χ3n) is 14.0. The van der Waals surface area contributed by atoms with Crippen LogP contribution in [-0.2, 0) is 33.1 Å². The molecule has 108 heavy (non-hydrogen) atoms. The van der Waals surface area contributed by atoms with E-state index in [0.717, 1.165) is 70.5 Å². The van der Waals surface area contributed by atoms with Gasteiger partial charge >= 0.3 is 33.0 Å². The highest BCUT2D eigenvalue weighted by molar-refractivity contribution is 14.1. The molecule has 23 nitrogen and oxygen atoms in total. The second-order valence-corrected chi connectivity index (χ2v) is 39.9. The number of rotatable bonds is 12. The van der Waals surface area contributed by atoms with Gasteiger partial charge in [-0.05, 0) is 214 Å². The first kappa shape index (κ1) is 94.8. The molecular formula is C59H63B2Br5F11IN12O11S7. The van der Waals surface area contributed by atoms with Gasteiger partial charge in [0.15, 0.2) is 27.1 Å². The number of thiazole rings is 5. The molecule has 2 fully saturated rings. The lowest BCUT2D eigenvalue weighted by atomic mass is 9.89. The molecule has 1 aromatic carbocycles. The molecule has 3 N–H and O–H groups in total. The van der Waals surface area contributed by atoms with Crippen molar-refractivity contribution in [3.05, 3.63) is 130 Å². The fourth-order valence-electron chi connectivity index (χ4n) is 7.73. The molecule has 2 saturated heterocycles. The summed E-state index contributed by atoms with van der Waals surface area (Å²) in [5.74, 6) is -0.818. The van der Waals surface area contributed by atoms with Crippen LogP contribution >= 0.6 is 171 Å². The minimum absolute atomic E-state index is 0.0131.